The summed E-state index contributed by atoms with van der Waals surface area (Å²) >= 11 is 0. The molecule has 0 spiro atoms. The van der Waals surface area contributed by atoms with E-state index in [9.17, 15) is 23.3 Å². The third kappa shape index (κ3) is 7.30. The smallest absolute Gasteiger partial charge is 0.411 e. The van der Waals surface area contributed by atoms with Crippen LogP contribution in [0.1, 0.15) is 52.0 Å². The van der Waals surface area contributed by atoms with Gasteiger partial charge >= 0.3 is 6.09 Å². The van der Waals surface area contributed by atoms with Crippen LogP contribution < -0.4 is 10.0 Å². The fourth-order valence-electron chi connectivity index (χ4n) is 5.50. The standard InChI is InChI=1S/C29H36N4O5S/c1-29(2,3)38-28(35)33-25-14-12-21(13-15-25)26(33)27(34)31-24(18-30)16-19-8-10-20(11-9-19)22-6-5-7-23(17-22)32-39(4,36)37/h5-11,17,21,24-26,32H,12-16H2,1-4H3,(H,31,34). The van der Waals surface area contributed by atoms with Crippen molar-refractivity contribution >= 4 is 27.7 Å². The SMILES string of the molecule is CC(C)(C)OC(=O)N1C2CCC(CC2)C1C(=O)NC(C#N)Cc1ccc(-c2cccc(NS(C)(=O)=O)c2)cc1. The molecule has 208 valence electrons. The first-order valence-electron chi connectivity index (χ1n) is 13.2. The molecule has 2 bridgehead atoms. The predicted molar refractivity (Wildman–Crippen MR) is 149 cm³/mol. The second-order valence-electron chi connectivity index (χ2n) is 11.4. The van der Waals surface area contributed by atoms with Gasteiger partial charge in [-0.05, 0) is 81.2 Å². The molecule has 1 saturated carbocycles. The highest BCUT2D eigenvalue weighted by atomic mass is 32.2. The van der Waals surface area contributed by atoms with Crippen LogP contribution in [0.2, 0.25) is 0 Å². The zero-order valence-corrected chi connectivity index (χ0v) is 23.6. The van der Waals surface area contributed by atoms with Crippen LogP contribution in [0.25, 0.3) is 11.1 Å². The monoisotopic (exact) mass is 552 g/mol. The van der Waals surface area contributed by atoms with E-state index in [1.807, 2.05) is 51.1 Å². The molecule has 5 rings (SSSR count). The molecule has 10 heteroatoms. The molecule has 2 heterocycles. The van der Waals surface area contributed by atoms with E-state index in [-0.39, 0.29) is 17.9 Å². The van der Waals surface area contributed by atoms with Gasteiger partial charge in [-0.1, -0.05) is 36.4 Å². The molecular weight excluding hydrogens is 516 g/mol. The van der Waals surface area contributed by atoms with Gasteiger partial charge in [-0.15, -0.1) is 0 Å². The van der Waals surface area contributed by atoms with Gasteiger partial charge in [0, 0.05) is 18.2 Å². The first-order valence-corrected chi connectivity index (χ1v) is 15.1. The third-order valence-corrected chi connectivity index (χ3v) is 7.73. The molecule has 1 aliphatic carbocycles. The number of carbonyl (C=O) groups excluding carboxylic acids is 2. The number of hydrogen-bond acceptors (Lipinski definition) is 6. The maximum absolute atomic E-state index is 13.4. The van der Waals surface area contributed by atoms with Crippen LogP contribution in [-0.2, 0) is 26.0 Å². The van der Waals surface area contributed by atoms with E-state index in [2.05, 4.69) is 16.1 Å². The maximum atomic E-state index is 13.4. The predicted octanol–water partition coefficient (Wildman–Crippen LogP) is 4.45. The number of nitriles is 1. The van der Waals surface area contributed by atoms with Gasteiger partial charge in [-0.2, -0.15) is 5.26 Å². The molecule has 0 radical (unpaired) electrons. The Morgan fingerprint density at radius 1 is 1.08 bits per heavy atom. The lowest BCUT2D eigenvalue weighted by atomic mass is 9.74. The van der Waals surface area contributed by atoms with Crippen LogP contribution in [0.5, 0.6) is 0 Å². The van der Waals surface area contributed by atoms with Crippen molar-refractivity contribution in [2.45, 2.75) is 76.6 Å². The van der Waals surface area contributed by atoms with Crippen molar-refractivity contribution < 1.29 is 22.7 Å². The molecule has 2 aromatic rings. The molecule has 2 amide bonds. The van der Waals surface area contributed by atoms with E-state index >= 15 is 0 Å². The number of anilines is 1. The minimum absolute atomic E-state index is 0.0279. The Morgan fingerprint density at radius 3 is 2.33 bits per heavy atom. The molecule has 2 atom stereocenters. The fourth-order valence-corrected chi connectivity index (χ4v) is 6.05. The van der Waals surface area contributed by atoms with Gasteiger partial charge in [-0.3, -0.25) is 14.4 Å². The maximum Gasteiger partial charge on any atom is 0.411 e. The van der Waals surface area contributed by atoms with E-state index in [1.165, 1.54) is 0 Å². The molecule has 2 aliphatic heterocycles. The highest BCUT2D eigenvalue weighted by Gasteiger charge is 2.49. The molecule has 2 unspecified atom stereocenters. The van der Waals surface area contributed by atoms with Crippen LogP contribution in [-0.4, -0.2) is 55.3 Å². The number of piperidine rings is 2. The average molecular weight is 553 g/mol. The lowest BCUT2D eigenvalue weighted by Gasteiger charge is -2.50. The molecule has 2 N–H and O–H groups in total. The number of nitrogens with zero attached hydrogens (tertiary/aromatic N) is 2. The van der Waals surface area contributed by atoms with Crippen LogP contribution in [0, 0.1) is 17.2 Å². The van der Waals surface area contributed by atoms with Gasteiger partial charge in [-0.25, -0.2) is 13.2 Å². The Balaban J connectivity index is 1.44. The topological polar surface area (TPSA) is 129 Å². The summed E-state index contributed by atoms with van der Waals surface area (Å²) in [7, 11) is -3.38. The van der Waals surface area contributed by atoms with E-state index in [4.69, 9.17) is 4.74 Å². The Hall–Kier alpha value is -3.58. The highest BCUT2D eigenvalue weighted by Crippen LogP contribution is 2.40. The van der Waals surface area contributed by atoms with E-state index in [1.54, 1.807) is 23.1 Å². The summed E-state index contributed by atoms with van der Waals surface area (Å²) in [5.74, 6) is -0.261. The van der Waals surface area contributed by atoms with Gasteiger partial charge in [0.15, 0.2) is 0 Å². The Kier molecular flexibility index (Phi) is 8.21. The summed E-state index contributed by atoms with van der Waals surface area (Å²) in [5.41, 5.74) is 2.41. The number of sulfonamides is 1. The van der Waals surface area contributed by atoms with Crippen molar-refractivity contribution in [3.8, 4) is 17.2 Å². The first kappa shape index (κ1) is 28.4. The summed E-state index contributed by atoms with van der Waals surface area (Å²) < 4.78 is 31.2. The third-order valence-electron chi connectivity index (χ3n) is 7.12. The van der Waals surface area contributed by atoms with Crippen molar-refractivity contribution in [3.63, 3.8) is 0 Å². The average Bonchev–Trinajstić information content (AvgIpc) is 2.87. The lowest BCUT2D eigenvalue weighted by molar-refractivity contribution is -0.135. The normalized spacial score (nSPS) is 21.5. The molecule has 2 saturated heterocycles. The summed E-state index contributed by atoms with van der Waals surface area (Å²) in [6, 6.07) is 15.4. The van der Waals surface area contributed by atoms with Crippen LogP contribution in [0.4, 0.5) is 10.5 Å². The van der Waals surface area contributed by atoms with Gasteiger partial charge < -0.3 is 10.1 Å². The number of amides is 2. The largest absolute Gasteiger partial charge is 0.444 e. The first-order chi connectivity index (χ1) is 18.3. The summed E-state index contributed by atoms with van der Waals surface area (Å²) in [5, 5.41) is 12.7. The van der Waals surface area contributed by atoms with Crippen molar-refractivity contribution in [1.82, 2.24) is 10.2 Å². The van der Waals surface area contributed by atoms with E-state index in [0.717, 1.165) is 48.6 Å². The van der Waals surface area contributed by atoms with Gasteiger partial charge in [0.2, 0.25) is 15.9 Å². The zero-order valence-electron chi connectivity index (χ0n) is 22.8. The number of carbonyl (C=O) groups is 2. The van der Waals surface area contributed by atoms with Crippen molar-refractivity contribution in [3.05, 3.63) is 54.1 Å². The van der Waals surface area contributed by atoms with Crippen molar-refractivity contribution in [2.75, 3.05) is 11.0 Å². The number of benzene rings is 2. The summed E-state index contributed by atoms with van der Waals surface area (Å²) in [4.78, 5) is 28.1. The fraction of sp³-hybridized carbons (Fsp3) is 0.483. The zero-order chi connectivity index (χ0) is 28.4. The minimum atomic E-state index is -3.38. The number of fused-ring (bicyclic) bond motifs is 3. The molecule has 39 heavy (non-hydrogen) atoms. The minimum Gasteiger partial charge on any atom is -0.444 e. The van der Waals surface area contributed by atoms with E-state index in [0.29, 0.717) is 12.1 Å². The molecule has 0 aromatic heterocycles. The Labute approximate surface area is 230 Å². The second kappa shape index (κ2) is 11.3. The van der Waals surface area contributed by atoms with Crippen LogP contribution in [0.3, 0.4) is 0 Å². The van der Waals surface area contributed by atoms with Crippen LogP contribution >= 0.6 is 0 Å². The molecule has 3 aliphatic rings. The summed E-state index contributed by atoms with van der Waals surface area (Å²) in [6.07, 6.45) is 4.41. The quantitative estimate of drug-likeness (QED) is 0.522. The Morgan fingerprint density at radius 2 is 1.74 bits per heavy atom. The molecular formula is C29H36N4O5S. The van der Waals surface area contributed by atoms with Crippen molar-refractivity contribution in [2.24, 2.45) is 5.92 Å². The number of ether oxygens (including phenoxy) is 1. The van der Waals surface area contributed by atoms with Crippen molar-refractivity contribution in [1.29, 1.82) is 5.26 Å². The van der Waals surface area contributed by atoms with Gasteiger partial charge in [0.1, 0.15) is 17.7 Å². The number of rotatable bonds is 7. The highest BCUT2D eigenvalue weighted by molar-refractivity contribution is 7.92. The molecule has 3 fully saturated rings. The lowest BCUT2D eigenvalue weighted by Crippen LogP contribution is -2.64. The van der Waals surface area contributed by atoms with Crippen LogP contribution in [0.15, 0.2) is 48.5 Å². The van der Waals surface area contributed by atoms with Gasteiger partial charge in [0.25, 0.3) is 0 Å². The second-order valence-corrected chi connectivity index (χ2v) is 13.2. The Bertz CT molecular complexity index is 1350. The molecule has 9 nitrogen and oxygen atoms in total. The van der Waals surface area contributed by atoms with E-state index < -0.39 is 33.8 Å². The summed E-state index contributed by atoms with van der Waals surface area (Å²) in [6.45, 7) is 5.42. The molecule has 2 aromatic carbocycles. The number of nitrogens with one attached hydrogen (secondary N) is 2. The van der Waals surface area contributed by atoms with Gasteiger partial charge in [0.05, 0.1) is 12.3 Å². The number of hydrogen-bond donors (Lipinski definition) is 2.